The Kier molecular flexibility index (Phi) is 10.6. The average molecular weight is 353 g/mol. The third-order valence-electron chi connectivity index (χ3n) is 3.71. The maximum Gasteiger partial charge on any atom is 0.0355 e. The Morgan fingerprint density at radius 3 is 1.80 bits per heavy atom. The fourth-order valence-corrected chi connectivity index (χ4v) is 3.68. The number of fused-ring (bicyclic) bond motifs is 3. The molecule has 0 N–H and O–H groups in total. The molecule has 0 nitrogen and oxygen atoms in total. The molecule has 2 aromatic carbocycles. The number of benzene rings is 2. The SMILES string of the molecule is CC.CC.CC1=CCCCC=C1.c1ccc2c(c1)sc1ccccc12. The van der Waals surface area contributed by atoms with Crippen molar-refractivity contribution >= 4 is 31.5 Å². The van der Waals surface area contributed by atoms with E-state index in [1.807, 2.05) is 39.0 Å². The minimum atomic E-state index is 1.26. The monoisotopic (exact) mass is 352 g/mol. The number of thiophene rings is 1. The van der Waals surface area contributed by atoms with Crippen LogP contribution >= 0.6 is 11.3 Å². The minimum Gasteiger partial charge on any atom is -0.135 e. The van der Waals surface area contributed by atoms with Crippen LogP contribution in [0.3, 0.4) is 0 Å². The average Bonchev–Trinajstić information content (AvgIpc) is 2.90. The van der Waals surface area contributed by atoms with Gasteiger partial charge in [-0.3, -0.25) is 0 Å². The molecule has 1 aliphatic carbocycles. The molecule has 0 saturated carbocycles. The number of hydrogen-bond acceptors (Lipinski definition) is 1. The van der Waals surface area contributed by atoms with E-state index >= 15 is 0 Å². The summed E-state index contributed by atoms with van der Waals surface area (Å²) >= 11 is 1.86. The summed E-state index contributed by atoms with van der Waals surface area (Å²) in [6, 6.07) is 17.1. The van der Waals surface area contributed by atoms with E-state index in [0.29, 0.717) is 0 Å². The van der Waals surface area contributed by atoms with Crippen LogP contribution in [0.1, 0.15) is 53.9 Å². The molecule has 1 heterocycles. The summed E-state index contributed by atoms with van der Waals surface area (Å²) in [6.07, 6.45) is 10.6. The van der Waals surface area contributed by atoms with Crippen LogP contribution in [0, 0.1) is 0 Å². The standard InChI is InChI=1S/C12H8S.C8H12.2C2H6/c1-3-7-11-9(5-1)10-6-2-4-8-12(10)13-11;1-8-6-4-2-3-5-7-8;2*1-2/h1-8H;4,6-7H,2-3,5H2,1H3;2*1-2H3. The van der Waals surface area contributed by atoms with Crippen LogP contribution in [-0.4, -0.2) is 0 Å². The van der Waals surface area contributed by atoms with Crippen molar-refractivity contribution in [1.82, 2.24) is 0 Å². The van der Waals surface area contributed by atoms with Crippen molar-refractivity contribution in [3.05, 3.63) is 72.3 Å². The van der Waals surface area contributed by atoms with Crippen LogP contribution in [0.4, 0.5) is 0 Å². The normalized spacial score (nSPS) is 12.6. The number of allylic oxidation sites excluding steroid dienone is 4. The van der Waals surface area contributed by atoms with E-state index in [9.17, 15) is 0 Å². The second-order valence-corrected chi connectivity index (χ2v) is 6.46. The van der Waals surface area contributed by atoms with Crippen molar-refractivity contribution in [3.63, 3.8) is 0 Å². The maximum atomic E-state index is 2.30. The summed E-state index contributed by atoms with van der Waals surface area (Å²) < 4.78 is 2.76. The van der Waals surface area contributed by atoms with Gasteiger partial charge < -0.3 is 0 Å². The van der Waals surface area contributed by atoms with Gasteiger partial charge in [0.05, 0.1) is 0 Å². The summed E-state index contributed by atoms with van der Waals surface area (Å²) in [5.74, 6) is 0. The molecule has 0 atom stereocenters. The first-order valence-electron chi connectivity index (χ1n) is 9.54. The fourth-order valence-electron chi connectivity index (χ4n) is 2.58. The third kappa shape index (κ3) is 6.51. The van der Waals surface area contributed by atoms with E-state index in [2.05, 4.69) is 73.7 Å². The smallest absolute Gasteiger partial charge is 0.0355 e. The summed E-state index contributed by atoms with van der Waals surface area (Å²) in [6.45, 7) is 10.2. The highest BCUT2D eigenvalue weighted by atomic mass is 32.1. The highest BCUT2D eigenvalue weighted by molar-refractivity contribution is 7.25. The van der Waals surface area contributed by atoms with E-state index in [1.54, 1.807) is 0 Å². The molecule has 1 heteroatoms. The molecule has 1 aliphatic rings. The van der Waals surface area contributed by atoms with E-state index in [0.717, 1.165) is 0 Å². The Bertz CT molecular complexity index is 740. The Hall–Kier alpha value is -1.86. The van der Waals surface area contributed by atoms with E-state index in [1.165, 1.54) is 45.0 Å². The molecule has 0 amide bonds. The van der Waals surface area contributed by atoms with Gasteiger partial charge in [-0.15, -0.1) is 11.3 Å². The second kappa shape index (κ2) is 12.5. The summed E-state index contributed by atoms with van der Waals surface area (Å²) in [5, 5.41) is 2.76. The highest BCUT2D eigenvalue weighted by Crippen LogP contribution is 2.32. The first-order valence-corrected chi connectivity index (χ1v) is 10.4. The van der Waals surface area contributed by atoms with Crippen molar-refractivity contribution in [2.45, 2.75) is 53.9 Å². The van der Waals surface area contributed by atoms with Gasteiger partial charge >= 0.3 is 0 Å². The number of rotatable bonds is 0. The van der Waals surface area contributed by atoms with Gasteiger partial charge in [-0.1, -0.05) is 87.9 Å². The van der Waals surface area contributed by atoms with Gasteiger partial charge in [0.15, 0.2) is 0 Å². The lowest BCUT2D eigenvalue weighted by molar-refractivity contribution is 0.874. The summed E-state index contributed by atoms with van der Waals surface area (Å²) in [7, 11) is 0. The van der Waals surface area contributed by atoms with E-state index in [-0.39, 0.29) is 0 Å². The maximum absolute atomic E-state index is 2.30. The molecule has 0 radical (unpaired) electrons. The minimum absolute atomic E-state index is 1.26. The first kappa shape index (κ1) is 21.2. The summed E-state index contributed by atoms with van der Waals surface area (Å²) in [4.78, 5) is 0. The molecule has 1 aromatic heterocycles. The van der Waals surface area contributed by atoms with Gasteiger partial charge in [0.25, 0.3) is 0 Å². The van der Waals surface area contributed by atoms with Crippen LogP contribution in [0.15, 0.2) is 72.3 Å². The van der Waals surface area contributed by atoms with Crippen LogP contribution < -0.4 is 0 Å². The highest BCUT2D eigenvalue weighted by Gasteiger charge is 2.01. The topological polar surface area (TPSA) is 0 Å². The van der Waals surface area contributed by atoms with Gasteiger partial charge in [-0.25, -0.2) is 0 Å². The van der Waals surface area contributed by atoms with Crippen LogP contribution in [0.2, 0.25) is 0 Å². The van der Waals surface area contributed by atoms with Gasteiger partial charge in [-0.05, 0) is 38.3 Å². The molecule has 4 rings (SSSR count). The first-order chi connectivity index (χ1) is 12.3. The lowest BCUT2D eigenvalue weighted by Gasteiger charge is -1.88. The fraction of sp³-hybridized carbons (Fsp3) is 0.333. The van der Waals surface area contributed by atoms with Gasteiger partial charge in [-0.2, -0.15) is 0 Å². The van der Waals surface area contributed by atoms with Gasteiger partial charge in [0.2, 0.25) is 0 Å². The molecule has 3 aromatic rings. The quantitative estimate of drug-likeness (QED) is 0.379. The van der Waals surface area contributed by atoms with Gasteiger partial charge in [0, 0.05) is 20.2 Å². The van der Waals surface area contributed by atoms with Crippen molar-refractivity contribution in [1.29, 1.82) is 0 Å². The molecular weight excluding hydrogens is 320 g/mol. The third-order valence-corrected chi connectivity index (χ3v) is 4.86. The Labute approximate surface area is 157 Å². The largest absolute Gasteiger partial charge is 0.135 e. The number of hydrogen-bond donors (Lipinski definition) is 0. The van der Waals surface area contributed by atoms with Crippen LogP contribution in [0.25, 0.3) is 20.2 Å². The molecule has 0 unspecified atom stereocenters. The lowest BCUT2D eigenvalue weighted by Crippen LogP contribution is -1.64. The zero-order valence-corrected chi connectivity index (χ0v) is 17.2. The van der Waals surface area contributed by atoms with Crippen LogP contribution in [0.5, 0.6) is 0 Å². The predicted octanol–water partition coefficient (Wildman–Crippen LogP) is 8.78. The van der Waals surface area contributed by atoms with E-state index < -0.39 is 0 Å². The van der Waals surface area contributed by atoms with E-state index in [4.69, 9.17) is 0 Å². The van der Waals surface area contributed by atoms with Crippen molar-refractivity contribution in [2.24, 2.45) is 0 Å². The molecule has 134 valence electrons. The Morgan fingerprint density at radius 2 is 1.24 bits per heavy atom. The van der Waals surface area contributed by atoms with Crippen LogP contribution in [-0.2, 0) is 0 Å². The zero-order valence-electron chi connectivity index (χ0n) is 16.4. The molecule has 25 heavy (non-hydrogen) atoms. The van der Waals surface area contributed by atoms with Gasteiger partial charge in [0.1, 0.15) is 0 Å². The van der Waals surface area contributed by atoms with Crippen molar-refractivity contribution in [2.75, 3.05) is 0 Å². The second-order valence-electron chi connectivity index (χ2n) is 5.38. The predicted molar refractivity (Wildman–Crippen MR) is 119 cm³/mol. The summed E-state index contributed by atoms with van der Waals surface area (Å²) in [5.41, 5.74) is 1.42. The Balaban J connectivity index is 0.000000226. The molecular formula is C24H32S. The molecule has 0 bridgehead atoms. The molecule has 0 saturated heterocycles. The molecule has 0 fully saturated rings. The lowest BCUT2D eigenvalue weighted by atomic mass is 10.2. The van der Waals surface area contributed by atoms with Crippen molar-refractivity contribution < 1.29 is 0 Å². The zero-order chi connectivity index (χ0) is 18.5. The molecule has 0 aliphatic heterocycles. The van der Waals surface area contributed by atoms with Crippen molar-refractivity contribution in [3.8, 4) is 0 Å². The Morgan fingerprint density at radius 1 is 0.720 bits per heavy atom. The molecule has 0 spiro atoms.